The number of benzene rings is 1. The number of hydrogen-bond donors (Lipinski definition) is 2. The highest BCUT2D eigenvalue weighted by Crippen LogP contribution is 2.32. The van der Waals surface area contributed by atoms with E-state index in [9.17, 15) is 19.7 Å². The van der Waals surface area contributed by atoms with E-state index in [4.69, 9.17) is 26.2 Å². The molecule has 2 rings (SSSR count). The van der Waals surface area contributed by atoms with Crippen LogP contribution in [0.1, 0.15) is 16.8 Å². The number of piperidine rings is 1. The minimum atomic E-state index is -1.06. The van der Waals surface area contributed by atoms with Gasteiger partial charge in [0.05, 0.1) is 36.3 Å². The average Bonchev–Trinajstić information content (AvgIpc) is 2.60. The molecule has 0 aromatic heterocycles. The van der Waals surface area contributed by atoms with Crippen LogP contribution in [0.3, 0.4) is 0 Å². The quantitative estimate of drug-likeness (QED) is 0.581. The second-order valence-electron chi connectivity index (χ2n) is 5.63. The number of methoxy groups -OCH3 is 2. The van der Waals surface area contributed by atoms with E-state index in [2.05, 4.69) is 5.32 Å². The monoisotopic (exact) mass is 387 g/mol. The molecule has 2 amide bonds. The van der Waals surface area contributed by atoms with Crippen LogP contribution >= 0.6 is 11.6 Å². The van der Waals surface area contributed by atoms with E-state index in [1.54, 1.807) is 0 Å². The van der Waals surface area contributed by atoms with Crippen molar-refractivity contribution in [2.75, 3.05) is 27.3 Å². The van der Waals surface area contributed by atoms with Crippen molar-refractivity contribution in [3.05, 3.63) is 32.8 Å². The van der Waals surface area contributed by atoms with Crippen molar-refractivity contribution in [1.82, 2.24) is 10.2 Å². The van der Waals surface area contributed by atoms with E-state index in [1.807, 2.05) is 0 Å². The number of hydrogen-bond acceptors (Lipinski definition) is 6. The maximum atomic E-state index is 12.6. The van der Waals surface area contributed by atoms with Gasteiger partial charge < -0.3 is 24.8 Å². The molecule has 0 unspecified atom stereocenters. The molecular formula is C15H18ClN3O7. The molecule has 2 N–H and O–H groups in total. The fourth-order valence-corrected chi connectivity index (χ4v) is 2.99. The summed E-state index contributed by atoms with van der Waals surface area (Å²) in [6.45, 7) is 0.340. The van der Waals surface area contributed by atoms with Crippen molar-refractivity contribution in [2.45, 2.75) is 18.6 Å². The summed E-state index contributed by atoms with van der Waals surface area (Å²) in [5.74, 6) is -0.507. The molecule has 142 valence electrons. The van der Waals surface area contributed by atoms with Crippen molar-refractivity contribution in [1.29, 1.82) is 0 Å². The lowest BCUT2D eigenvalue weighted by atomic mass is 10.0. The van der Waals surface area contributed by atoms with E-state index < -0.39 is 34.8 Å². The first kappa shape index (κ1) is 19.7. The number of carbonyl (C=O) groups excluding carboxylic acids is 1. The number of nitrogens with zero attached hydrogens (tertiary/aromatic N) is 2. The van der Waals surface area contributed by atoms with Gasteiger partial charge in [0.2, 0.25) is 0 Å². The van der Waals surface area contributed by atoms with Gasteiger partial charge in [-0.15, -0.1) is 0 Å². The minimum Gasteiger partial charge on any atom is -0.496 e. The largest absolute Gasteiger partial charge is 0.496 e. The molecule has 1 saturated heterocycles. The third-order valence-corrected chi connectivity index (χ3v) is 4.46. The zero-order valence-corrected chi connectivity index (χ0v) is 14.9. The van der Waals surface area contributed by atoms with Gasteiger partial charge in [0.15, 0.2) is 0 Å². The first-order valence-corrected chi connectivity index (χ1v) is 7.99. The van der Waals surface area contributed by atoms with E-state index in [1.165, 1.54) is 25.2 Å². The molecule has 0 spiro atoms. The molecular weight excluding hydrogens is 370 g/mol. The fraction of sp³-hybridized carbons (Fsp3) is 0.467. The van der Waals surface area contributed by atoms with Gasteiger partial charge in [-0.3, -0.25) is 14.9 Å². The molecule has 26 heavy (non-hydrogen) atoms. The summed E-state index contributed by atoms with van der Waals surface area (Å²) < 4.78 is 10.4. The number of amides is 2. The highest BCUT2D eigenvalue weighted by molar-refractivity contribution is 6.33. The third kappa shape index (κ3) is 4.14. The van der Waals surface area contributed by atoms with Crippen molar-refractivity contribution in [3.8, 4) is 5.75 Å². The molecule has 1 fully saturated rings. The summed E-state index contributed by atoms with van der Waals surface area (Å²) in [5.41, 5.74) is -0.458. The van der Waals surface area contributed by atoms with Crippen LogP contribution in [-0.2, 0) is 4.74 Å². The molecule has 0 aliphatic carbocycles. The van der Waals surface area contributed by atoms with Gasteiger partial charge in [-0.2, -0.15) is 0 Å². The molecule has 0 bridgehead atoms. The zero-order chi connectivity index (χ0) is 19.4. The van der Waals surface area contributed by atoms with Crippen LogP contribution in [0.4, 0.5) is 10.5 Å². The predicted molar refractivity (Wildman–Crippen MR) is 90.9 cm³/mol. The molecule has 0 saturated carbocycles. The summed E-state index contributed by atoms with van der Waals surface area (Å²) in [7, 11) is 2.74. The number of carboxylic acid groups (broad SMARTS) is 1. The molecule has 1 aliphatic heterocycles. The number of likely N-dealkylation sites (tertiary alicyclic amines) is 1. The number of carbonyl (C=O) groups is 2. The Kier molecular flexibility index (Phi) is 6.22. The van der Waals surface area contributed by atoms with Crippen LogP contribution in [0.15, 0.2) is 12.1 Å². The number of halogens is 1. The lowest BCUT2D eigenvalue weighted by Crippen LogP contribution is -2.55. The maximum Gasteiger partial charge on any atom is 0.407 e. The van der Waals surface area contributed by atoms with Crippen molar-refractivity contribution in [2.24, 2.45) is 0 Å². The van der Waals surface area contributed by atoms with Gasteiger partial charge in [0, 0.05) is 25.8 Å². The minimum absolute atomic E-state index is 0.0425. The lowest BCUT2D eigenvalue weighted by molar-refractivity contribution is -0.384. The molecule has 0 radical (unpaired) electrons. The number of rotatable bonds is 5. The summed E-state index contributed by atoms with van der Waals surface area (Å²) in [6, 6.07) is 1.79. The number of nitro benzene ring substituents is 1. The van der Waals surface area contributed by atoms with E-state index >= 15 is 0 Å². The van der Waals surface area contributed by atoms with Crippen LogP contribution in [0.2, 0.25) is 5.02 Å². The van der Waals surface area contributed by atoms with Gasteiger partial charge in [0.1, 0.15) is 10.8 Å². The second-order valence-corrected chi connectivity index (χ2v) is 6.04. The van der Waals surface area contributed by atoms with Gasteiger partial charge in [-0.25, -0.2) is 4.79 Å². The first-order chi connectivity index (χ1) is 12.3. The normalized spacial score (nSPS) is 19.7. The molecule has 10 nitrogen and oxygen atoms in total. The average molecular weight is 388 g/mol. The van der Waals surface area contributed by atoms with Crippen LogP contribution in [0.5, 0.6) is 5.75 Å². The standard InChI is InChI=1S/C15H18ClN3O7/c1-25-12-6-9(16)11(19(23)24)5-8(12)14(20)17-10-3-4-18(15(21)22)7-13(10)26-2/h5-6,10,13H,3-4,7H2,1-2H3,(H,17,20)(H,21,22)/t10-,13+/m0/s1. The number of nitrogens with one attached hydrogen (secondary N) is 1. The number of nitro groups is 1. The lowest BCUT2D eigenvalue weighted by Gasteiger charge is -2.36. The van der Waals surface area contributed by atoms with Gasteiger partial charge >= 0.3 is 6.09 Å². The molecule has 1 heterocycles. The molecule has 1 aromatic rings. The van der Waals surface area contributed by atoms with Crippen LogP contribution < -0.4 is 10.1 Å². The molecule has 1 aliphatic rings. The Morgan fingerprint density at radius 3 is 2.65 bits per heavy atom. The van der Waals surface area contributed by atoms with Gasteiger partial charge in [0.25, 0.3) is 11.6 Å². The smallest absolute Gasteiger partial charge is 0.407 e. The van der Waals surface area contributed by atoms with Crippen LogP contribution in [0, 0.1) is 10.1 Å². The third-order valence-electron chi connectivity index (χ3n) is 4.16. The SMILES string of the molecule is COc1cc(Cl)c([N+](=O)[O-])cc1C(=O)N[C@H]1CCN(C(=O)O)C[C@H]1OC. The van der Waals surface area contributed by atoms with Crippen molar-refractivity contribution in [3.63, 3.8) is 0 Å². The Balaban J connectivity index is 2.22. The highest BCUT2D eigenvalue weighted by Gasteiger charge is 2.33. The molecule has 1 aromatic carbocycles. The first-order valence-electron chi connectivity index (χ1n) is 7.62. The van der Waals surface area contributed by atoms with E-state index in [-0.39, 0.29) is 29.4 Å². The predicted octanol–water partition coefficient (Wildman–Crippen LogP) is 1.75. The highest BCUT2D eigenvalue weighted by atomic mass is 35.5. The number of ether oxygens (including phenoxy) is 2. The summed E-state index contributed by atoms with van der Waals surface area (Å²) in [6.07, 6.45) is -1.27. The van der Waals surface area contributed by atoms with Gasteiger partial charge in [-0.05, 0) is 6.42 Å². The molecule has 11 heteroatoms. The Morgan fingerprint density at radius 1 is 1.42 bits per heavy atom. The fourth-order valence-electron chi connectivity index (χ4n) is 2.77. The van der Waals surface area contributed by atoms with Crippen LogP contribution in [-0.4, -0.2) is 66.4 Å². The molecule has 2 atom stereocenters. The second kappa shape index (κ2) is 8.19. The van der Waals surface area contributed by atoms with Gasteiger partial charge in [-0.1, -0.05) is 11.6 Å². The Morgan fingerprint density at radius 2 is 2.12 bits per heavy atom. The van der Waals surface area contributed by atoms with Crippen LogP contribution in [0.25, 0.3) is 0 Å². The van der Waals surface area contributed by atoms with Crippen molar-refractivity contribution < 1.29 is 29.1 Å². The maximum absolute atomic E-state index is 12.6. The summed E-state index contributed by atoms with van der Waals surface area (Å²) in [5, 5.41) is 22.7. The Hall–Kier alpha value is -2.59. The summed E-state index contributed by atoms with van der Waals surface area (Å²) >= 11 is 5.83. The zero-order valence-electron chi connectivity index (χ0n) is 14.1. The Bertz CT molecular complexity index is 727. The van der Waals surface area contributed by atoms with Crippen molar-refractivity contribution >= 4 is 29.3 Å². The Labute approximate surface area is 153 Å². The van der Waals surface area contributed by atoms with E-state index in [0.29, 0.717) is 6.42 Å². The topological polar surface area (TPSA) is 131 Å². The van der Waals surface area contributed by atoms with E-state index in [0.717, 1.165) is 6.07 Å². The summed E-state index contributed by atoms with van der Waals surface area (Å²) in [4.78, 5) is 35.2.